The highest BCUT2D eigenvalue weighted by Crippen LogP contribution is 2.23. The molecule has 1 aromatic carbocycles. The monoisotopic (exact) mass is 395 g/mol. The van der Waals surface area contributed by atoms with Crippen LogP contribution in [0.1, 0.15) is 97.1 Å². The van der Waals surface area contributed by atoms with Crippen molar-refractivity contribution in [2.75, 3.05) is 0 Å². The van der Waals surface area contributed by atoms with E-state index in [0.717, 1.165) is 18.6 Å². The Labute approximate surface area is 179 Å². The van der Waals surface area contributed by atoms with Crippen molar-refractivity contribution in [2.45, 2.75) is 104 Å². The van der Waals surface area contributed by atoms with Gasteiger partial charge in [-0.2, -0.15) is 0 Å². The van der Waals surface area contributed by atoms with E-state index in [-0.39, 0.29) is 6.10 Å². The summed E-state index contributed by atoms with van der Waals surface area (Å²) < 4.78 is 6.07. The lowest BCUT2D eigenvalue weighted by Gasteiger charge is -2.15. The van der Waals surface area contributed by atoms with Gasteiger partial charge in [-0.3, -0.25) is 4.98 Å². The Bertz CT molecular complexity index is 647. The van der Waals surface area contributed by atoms with Crippen LogP contribution in [0.15, 0.2) is 42.6 Å². The van der Waals surface area contributed by atoms with Crippen molar-refractivity contribution >= 4 is 0 Å². The van der Waals surface area contributed by atoms with E-state index in [4.69, 9.17) is 4.74 Å². The van der Waals surface area contributed by atoms with Crippen LogP contribution in [0.3, 0.4) is 0 Å². The van der Waals surface area contributed by atoms with Crippen molar-refractivity contribution in [3.05, 3.63) is 48.3 Å². The standard InChI is InChI=1S/C27H41NO/c1-4-6-8-10-11-13-15-26-19-16-25(22-28-26)24-17-20-27(21-18-24)29-23(3)14-12-9-7-5-2/h16-23H,4-15H2,1-3H3/t23-/m1/s1. The number of unbranched alkanes of at least 4 members (excludes halogenated alkanes) is 8. The van der Waals surface area contributed by atoms with Crippen molar-refractivity contribution in [1.82, 2.24) is 4.98 Å². The quantitative estimate of drug-likeness (QED) is 0.282. The van der Waals surface area contributed by atoms with E-state index in [1.165, 1.54) is 81.0 Å². The Morgan fingerprint density at radius 1 is 0.724 bits per heavy atom. The highest BCUT2D eigenvalue weighted by atomic mass is 16.5. The molecule has 160 valence electrons. The van der Waals surface area contributed by atoms with Gasteiger partial charge in [0.25, 0.3) is 0 Å². The van der Waals surface area contributed by atoms with E-state index in [2.05, 4.69) is 62.2 Å². The number of aryl methyl sites for hydroxylation is 1. The number of rotatable bonds is 15. The normalized spacial score (nSPS) is 12.1. The third-order valence-electron chi connectivity index (χ3n) is 5.60. The lowest BCUT2D eigenvalue weighted by molar-refractivity contribution is 0.206. The molecule has 0 saturated carbocycles. The van der Waals surface area contributed by atoms with Crippen LogP contribution in [0.4, 0.5) is 0 Å². The fourth-order valence-electron chi connectivity index (χ4n) is 3.71. The predicted octanol–water partition coefficient (Wildman–Crippen LogP) is 8.39. The lowest BCUT2D eigenvalue weighted by Crippen LogP contribution is -2.11. The molecule has 2 rings (SSSR count). The molecule has 29 heavy (non-hydrogen) atoms. The fourth-order valence-corrected chi connectivity index (χ4v) is 3.71. The van der Waals surface area contributed by atoms with Crippen LogP contribution < -0.4 is 4.74 Å². The first kappa shape index (κ1) is 23.4. The van der Waals surface area contributed by atoms with Gasteiger partial charge < -0.3 is 4.74 Å². The first-order valence-corrected chi connectivity index (χ1v) is 11.9. The Morgan fingerprint density at radius 2 is 1.34 bits per heavy atom. The molecular formula is C27H41NO. The van der Waals surface area contributed by atoms with Crippen LogP contribution in [0.25, 0.3) is 11.1 Å². The molecule has 2 aromatic rings. The van der Waals surface area contributed by atoms with Crippen LogP contribution >= 0.6 is 0 Å². The Hall–Kier alpha value is -1.83. The average molecular weight is 396 g/mol. The zero-order chi connectivity index (χ0) is 20.7. The van der Waals surface area contributed by atoms with Crippen LogP contribution in [0.5, 0.6) is 5.75 Å². The van der Waals surface area contributed by atoms with Gasteiger partial charge in [-0.05, 0) is 56.4 Å². The Morgan fingerprint density at radius 3 is 2.00 bits per heavy atom. The fraction of sp³-hybridized carbons (Fsp3) is 0.593. The van der Waals surface area contributed by atoms with Gasteiger partial charge in [-0.15, -0.1) is 0 Å². The minimum Gasteiger partial charge on any atom is -0.491 e. The minimum absolute atomic E-state index is 0.278. The topological polar surface area (TPSA) is 22.1 Å². The molecule has 0 aliphatic heterocycles. The third-order valence-corrected chi connectivity index (χ3v) is 5.60. The molecule has 0 fully saturated rings. The molecule has 0 bridgehead atoms. The summed E-state index contributed by atoms with van der Waals surface area (Å²) in [5.41, 5.74) is 3.59. The highest BCUT2D eigenvalue weighted by Gasteiger charge is 2.05. The molecule has 1 heterocycles. The van der Waals surface area contributed by atoms with Crippen LogP contribution in [-0.4, -0.2) is 11.1 Å². The van der Waals surface area contributed by atoms with Gasteiger partial charge in [-0.1, -0.05) is 83.4 Å². The SMILES string of the molecule is CCCCCCCCc1ccc(-c2ccc(O[C@H](C)CCCCCC)cc2)cn1. The number of ether oxygens (including phenoxy) is 1. The second-order valence-corrected chi connectivity index (χ2v) is 8.36. The molecule has 0 spiro atoms. The van der Waals surface area contributed by atoms with Gasteiger partial charge in [-0.25, -0.2) is 0 Å². The van der Waals surface area contributed by atoms with Crippen molar-refractivity contribution < 1.29 is 4.74 Å². The zero-order valence-corrected chi connectivity index (χ0v) is 19.0. The lowest BCUT2D eigenvalue weighted by atomic mass is 10.1. The van der Waals surface area contributed by atoms with Crippen LogP contribution in [0.2, 0.25) is 0 Å². The molecule has 0 N–H and O–H groups in total. The summed E-state index contributed by atoms with van der Waals surface area (Å²) in [6.45, 7) is 6.69. The second-order valence-electron chi connectivity index (χ2n) is 8.36. The first-order chi connectivity index (χ1) is 14.2. The molecule has 1 atom stereocenters. The average Bonchev–Trinajstić information content (AvgIpc) is 2.75. The zero-order valence-electron chi connectivity index (χ0n) is 19.0. The molecule has 2 nitrogen and oxygen atoms in total. The van der Waals surface area contributed by atoms with E-state index in [1.54, 1.807) is 0 Å². The van der Waals surface area contributed by atoms with Crippen LogP contribution in [0, 0.1) is 0 Å². The molecule has 1 aromatic heterocycles. The maximum absolute atomic E-state index is 6.07. The maximum atomic E-state index is 6.07. The van der Waals surface area contributed by atoms with Gasteiger partial charge in [0.05, 0.1) is 6.10 Å². The van der Waals surface area contributed by atoms with E-state index in [0.29, 0.717) is 0 Å². The van der Waals surface area contributed by atoms with Gasteiger partial charge in [0.1, 0.15) is 5.75 Å². The van der Waals surface area contributed by atoms with Crippen molar-refractivity contribution in [2.24, 2.45) is 0 Å². The number of hydrogen-bond donors (Lipinski definition) is 0. The van der Waals surface area contributed by atoms with Gasteiger partial charge >= 0.3 is 0 Å². The second kappa shape index (κ2) is 14.2. The molecule has 0 radical (unpaired) electrons. The summed E-state index contributed by atoms with van der Waals surface area (Å²) in [4.78, 5) is 4.68. The summed E-state index contributed by atoms with van der Waals surface area (Å²) >= 11 is 0. The van der Waals surface area contributed by atoms with Gasteiger partial charge in [0, 0.05) is 17.5 Å². The summed E-state index contributed by atoms with van der Waals surface area (Å²) in [5, 5.41) is 0. The Kier molecular flexibility index (Phi) is 11.5. The number of aromatic nitrogens is 1. The van der Waals surface area contributed by atoms with E-state index in [1.807, 2.05) is 6.20 Å². The van der Waals surface area contributed by atoms with E-state index in [9.17, 15) is 0 Å². The first-order valence-electron chi connectivity index (χ1n) is 11.9. The summed E-state index contributed by atoms with van der Waals surface area (Å²) in [6.07, 6.45) is 17.7. The number of pyridine rings is 1. The summed E-state index contributed by atoms with van der Waals surface area (Å²) in [6, 6.07) is 12.8. The van der Waals surface area contributed by atoms with Crippen molar-refractivity contribution in [3.8, 4) is 16.9 Å². The number of hydrogen-bond acceptors (Lipinski definition) is 2. The minimum atomic E-state index is 0.278. The number of benzene rings is 1. The van der Waals surface area contributed by atoms with E-state index >= 15 is 0 Å². The van der Waals surface area contributed by atoms with Crippen molar-refractivity contribution in [1.29, 1.82) is 0 Å². The molecule has 0 amide bonds. The van der Waals surface area contributed by atoms with E-state index < -0.39 is 0 Å². The molecular weight excluding hydrogens is 354 g/mol. The maximum Gasteiger partial charge on any atom is 0.119 e. The van der Waals surface area contributed by atoms with Crippen molar-refractivity contribution in [3.63, 3.8) is 0 Å². The van der Waals surface area contributed by atoms with Gasteiger partial charge in [0.15, 0.2) is 0 Å². The Balaban J connectivity index is 1.76. The largest absolute Gasteiger partial charge is 0.491 e. The molecule has 0 aliphatic carbocycles. The predicted molar refractivity (Wildman–Crippen MR) is 126 cm³/mol. The smallest absolute Gasteiger partial charge is 0.119 e. The summed E-state index contributed by atoms with van der Waals surface area (Å²) in [7, 11) is 0. The molecule has 2 heteroatoms. The van der Waals surface area contributed by atoms with Gasteiger partial charge in [0.2, 0.25) is 0 Å². The van der Waals surface area contributed by atoms with Crippen LogP contribution in [-0.2, 0) is 6.42 Å². The summed E-state index contributed by atoms with van der Waals surface area (Å²) in [5.74, 6) is 0.962. The number of nitrogens with zero attached hydrogens (tertiary/aromatic N) is 1. The third kappa shape index (κ3) is 9.47. The molecule has 0 saturated heterocycles. The highest BCUT2D eigenvalue weighted by molar-refractivity contribution is 5.63. The molecule has 0 aliphatic rings. The molecule has 0 unspecified atom stereocenters.